The average molecular weight is 334 g/mol. The molecule has 2 rings (SSSR count). The lowest BCUT2D eigenvalue weighted by molar-refractivity contribution is -0.0315. The van der Waals surface area contributed by atoms with Crippen molar-refractivity contribution in [1.29, 1.82) is 0 Å². The Balaban J connectivity index is 1.86. The number of benzene rings is 1. The quantitative estimate of drug-likeness (QED) is 0.624. The van der Waals surface area contributed by atoms with Crippen molar-refractivity contribution < 1.29 is 18.8 Å². The molecule has 0 aromatic heterocycles. The maximum absolute atomic E-state index is 6.19. The highest BCUT2D eigenvalue weighted by atomic mass is 16.6. The van der Waals surface area contributed by atoms with Crippen LogP contribution in [0.15, 0.2) is 24.3 Å². The molecule has 0 unspecified atom stereocenters. The summed E-state index contributed by atoms with van der Waals surface area (Å²) in [6.45, 7) is 7.06. The number of hydrogen-bond donors (Lipinski definition) is 0. The molecule has 5 heteroatoms. The van der Waals surface area contributed by atoms with Gasteiger partial charge in [-0.3, -0.25) is 0 Å². The van der Waals surface area contributed by atoms with Gasteiger partial charge in [0, 0.05) is 12.2 Å². The van der Waals surface area contributed by atoms with E-state index >= 15 is 0 Å². The van der Waals surface area contributed by atoms with Crippen molar-refractivity contribution in [3.8, 4) is 5.75 Å². The van der Waals surface area contributed by atoms with Crippen LogP contribution in [0.3, 0.4) is 0 Å². The molecule has 3 atom stereocenters. The highest BCUT2D eigenvalue weighted by molar-refractivity contribution is 6.44. The van der Waals surface area contributed by atoms with Crippen molar-refractivity contribution in [2.75, 3.05) is 7.11 Å². The highest BCUT2D eigenvalue weighted by Gasteiger charge is 2.32. The van der Waals surface area contributed by atoms with E-state index < -0.39 is 0 Å². The summed E-state index contributed by atoms with van der Waals surface area (Å²) in [4.78, 5) is 0. The van der Waals surface area contributed by atoms with Gasteiger partial charge in [-0.1, -0.05) is 32.4 Å². The first-order chi connectivity index (χ1) is 11.6. The molecule has 1 aromatic rings. The van der Waals surface area contributed by atoms with Crippen LogP contribution in [0.2, 0.25) is 6.32 Å². The fourth-order valence-electron chi connectivity index (χ4n) is 3.15. The largest absolute Gasteiger partial charge is 0.497 e. The molecular formula is C19H31BO4. The smallest absolute Gasteiger partial charge is 0.456 e. The zero-order chi connectivity index (χ0) is 17.4. The summed E-state index contributed by atoms with van der Waals surface area (Å²) in [5.74, 6) is 0.874. The molecule has 0 spiro atoms. The van der Waals surface area contributed by atoms with E-state index in [1.54, 1.807) is 7.11 Å². The summed E-state index contributed by atoms with van der Waals surface area (Å²) in [5, 5.41) is 0. The molecule has 0 saturated carbocycles. The lowest BCUT2D eigenvalue weighted by atomic mass is 9.82. The minimum absolute atomic E-state index is 0.0670. The van der Waals surface area contributed by atoms with Crippen LogP contribution in [-0.2, 0) is 20.7 Å². The molecule has 1 aromatic carbocycles. The molecule has 0 N–H and O–H groups in total. The van der Waals surface area contributed by atoms with Crippen LogP contribution in [-0.4, -0.2) is 32.5 Å². The molecule has 1 heterocycles. The first kappa shape index (κ1) is 19.3. The fourth-order valence-corrected chi connectivity index (χ4v) is 3.15. The van der Waals surface area contributed by atoms with E-state index in [0.29, 0.717) is 6.61 Å². The summed E-state index contributed by atoms with van der Waals surface area (Å²) in [7, 11) is 1.61. The zero-order valence-electron chi connectivity index (χ0n) is 15.5. The normalized spacial score (nSPS) is 22.4. The van der Waals surface area contributed by atoms with E-state index in [4.69, 9.17) is 18.8 Å². The van der Waals surface area contributed by atoms with Crippen LogP contribution in [0, 0.1) is 0 Å². The van der Waals surface area contributed by atoms with Crippen molar-refractivity contribution in [2.24, 2.45) is 0 Å². The standard InChI is InChI=1S/C19H31BO4/c1-5-7-18(13-19-12-15(3)23-20(6-2)24-19)22-14-16-8-10-17(21-4)11-9-16/h8-11,15,18-19H,5-7,12-14H2,1-4H3/t15-,18+,19-/m0/s1. The number of methoxy groups -OCH3 is 1. The Morgan fingerprint density at radius 1 is 1.21 bits per heavy atom. The van der Waals surface area contributed by atoms with E-state index in [9.17, 15) is 0 Å². The minimum Gasteiger partial charge on any atom is -0.497 e. The van der Waals surface area contributed by atoms with Crippen molar-refractivity contribution >= 4 is 7.12 Å². The molecule has 4 nitrogen and oxygen atoms in total. The van der Waals surface area contributed by atoms with Gasteiger partial charge in [-0.2, -0.15) is 0 Å². The van der Waals surface area contributed by atoms with Gasteiger partial charge in [-0.05, 0) is 50.2 Å². The van der Waals surface area contributed by atoms with Gasteiger partial charge in [0.15, 0.2) is 0 Å². The van der Waals surface area contributed by atoms with Gasteiger partial charge in [0.2, 0.25) is 0 Å². The Bertz CT molecular complexity index is 465. The topological polar surface area (TPSA) is 36.9 Å². The van der Waals surface area contributed by atoms with Crippen LogP contribution in [0.25, 0.3) is 0 Å². The van der Waals surface area contributed by atoms with E-state index in [2.05, 4.69) is 32.9 Å². The molecule has 0 radical (unpaired) electrons. The van der Waals surface area contributed by atoms with Crippen molar-refractivity contribution in [3.05, 3.63) is 29.8 Å². The van der Waals surface area contributed by atoms with Gasteiger partial charge < -0.3 is 18.8 Å². The third-order valence-electron chi connectivity index (χ3n) is 4.44. The fraction of sp³-hybridized carbons (Fsp3) is 0.684. The van der Waals surface area contributed by atoms with Crippen LogP contribution in [0.1, 0.15) is 52.0 Å². The third kappa shape index (κ3) is 6.12. The van der Waals surface area contributed by atoms with Crippen LogP contribution in [0.5, 0.6) is 5.75 Å². The van der Waals surface area contributed by atoms with Gasteiger partial charge >= 0.3 is 7.12 Å². The Labute approximate surface area is 147 Å². The predicted molar refractivity (Wildman–Crippen MR) is 97.4 cm³/mol. The second-order valence-corrected chi connectivity index (χ2v) is 6.58. The number of hydrogen-bond acceptors (Lipinski definition) is 4. The predicted octanol–water partition coefficient (Wildman–Crippen LogP) is 4.47. The first-order valence-corrected chi connectivity index (χ1v) is 9.20. The van der Waals surface area contributed by atoms with Crippen molar-refractivity contribution in [2.45, 2.75) is 77.7 Å². The van der Waals surface area contributed by atoms with E-state index in [1.807, 2.05) is 12.1 Å². The molecule has 1 saturated heterocycles. The monoisotopic (exact) mass is 334 g/mol. The Morgan fingerprint density at radius 2 is 1.96 bits per heavy atom. The lowest BCUT2D eigenvalue weighted by Gasteiger charge is -2.34. The maximum atomic E-state index is 6.19. The second-order valence-electron chi connectivity index (χ2n) is 6.58. The molecule has 1 aliphatic rings. The van der Waals surface area contributed by atoms with E-state index in [0.717, 1.165) is 37.8 Å². The van der Waals surface area contributed by atoms with Gasteiger partial charge in [0.05, 0.1) is 19.8 Å². The van der Waals surface area contributed by atoms with Gasteiger partial charge in [0.25, 0.3) is 0 Å². The molecule has 0 bridgehead atoms. The summed E-state index contributed by atoms with van der Waals surface area (Å²) in [5.41, 5.74) is 1.17. The summed E-state index contributed by atoms with van der Waals surface area (Å²) >= 11 is 0. The Morgan fingerprint density at radius 3 is 2.58 bits per heavy atom. The van der Waals surface area contributed by atoms with Crippen LogP contribution < -0.4 is 4.74 Å². The van der Waals surface area contributed by atoms with Gasteiger partial charge in [0.1, 0.15) is 5.75 Å². The van der Waals surface area contributed by atoms with Gasteiger partial charge in [-0.15, -0.1) is 0 Å². The second kappa shape index (κ2) is 10.1. The summed E-state index contributed by atoms with van der Waals surface area (Å²) in [6, 6.07) is 8.06. The minimum atomic E-state index is -0.0670. The molecule has 1 fully saturated rings. The summed E-state index contributed by atoms with van der Waals surface area (Å²) < 4.78 is 23.2. The molecule has 1 aliphatic heterocycles. The van der Waals surface area contributed by atoms with E-state index in [-0.39, 0.29) is 25.4 Å². The summed E-state index contributed by atoms with van der Waals surface area (Å²) in [6.07, 6.45) is 5.67. The zero-order valence-corrected chi connectivity index (χ0v) is 15.5. The number of ether oxygens (including phenoxy) is 2. The Hall–Kier alpha value is -1.04. The van der Waals surface area contributed by atoms with Crippen LogP contribution in [0.4, 0.5) is 0 Å². The molecular weight excluding hydrogens is 303 g/mol. The maximum Gasteiger partial charge on any atom is 0.456 e. The highest BCUT2D eigenvalue weighted by Crippen LogP contribution is 2.24. The molecule has 0 aliphatic carbocycles. The third-order valence-corrected chi connectivity index (χ3v) is 4.44. The Kier molecular flexibility index (Phi) is 8.09. The van der Waals surface area contributed by atoms with E-state index in [1.165, 1.54) is 5.56 Å². The number of rotatable bonds is 9. The van der Waals surface area contributed by atoms with Crippen molar-refractivity contribution in [1.82, 2.24) is 0 Å². The lowest BCUT2D eigenvalue weighted by Crippen LogP contribution is -2.41. The molecule has 134 valence electrons. The molecule has 24 heavy (non-hydrogen) atoms. The SMILES string of the molecule is CCC[C@H](C[C@@H]1C[C@H](C)OB(CC)O1)OCc1ccc(OC)cc1. The average Bonchev–Trinajstić information content (AvgIpc) is 2.59. The van der Waals surface area contributed by atoms with Crippen LogP contribution >= 0.6 is 0 Å². The van der Waals surface area contributed by atoms with Gasteiger partial charge in [-0.25, -0.2) is 0 Å². The van der Waals surface area contributed by atoms with Crippen molar-refractivity contribution in [3.63, 3.8) is 0 Å². The molecule has 0 amide bonds. The first-order valence-electron chi connectivity index (χ1n) is 9.20.